The van der Waals surface area contributed by atoms with Gasteiger partial charge in [0.05, 0.1) is 12.7 Å². The molecule has 0 heterocycles. The summed E-state index contributed by atoms with van der Waals surface area (Å²) >= 11 is 0. The van der Waals surface area contributed by atoms with Crippen molar-refractivity contribution < 1.29 is 9.53 Å². The monoisotopic (exact) mass is 213 g/mol. The van der Waals surface area contributed by atoms with E-state index in [9.17, 15) is 4.79 Å². The molecule has 1 saturated carbocycles. The van der Waals surface area contributed by atoms with Crippen molar-refractivity contribution >= 4 is 5.91 Å². The van der Waals surface area contributed by atoms with Gasteiger partial charge < -0.3 is 10.1 Å². The van der Waals surface area contributed by atoms with Crippen molar-refractivity contribution in [3.8, 4) is 0 Å². The van der Waals surface area contributed by atoms with Crippen molar-refractivity contribution in [2.24, 2.45) is 5.41 Å². The summed E-state index contributed by atoms with van der Waals surface area (Å²) < 4.78 is 5.65. The third-order valence-electron chi connectivity index (χ3n) is 2.72. The molecular weight excluding hydrogens is 190 g/mol. The lowest BCUT2D eigenvalue weighted by Crippen LogP contribution is -2.37. The van der Waals surface area contributed by atoms with E-state index in [0.29, 0.717) is 19.3 Å². The van der Waals surface area contributed by atoms with Gasteiger partial charge in [0, 0.05) is 12.0 Å². The minimum Gasteiger partial charge on any atom is -0.376 e. The maximum Gasteiger partial charge on any atom is 0.225 e. The predicted molar refractivity (Wildman–Crippen MR) is 60.7 cm³/mol. The number of hydrogen-bond donors (Lipinski definition) is 1. The van der Waals surface area contributed by atoms with Crippen molar-refractivity contribution in [2.75, 3.05) is 13.2 Å². The van der Waals surface area contributed by atoms with Crippen molar-refractivity contribution in [3.63, 3.8) is 0 Å². The topological polar surface area (TPSA) is 38.3 Å². The number of ether oxygens (including phenoxy) is 1. The first kappa shape index (κ1) is 12.5. The van der Waals surface area contributed by atoms with Crippen LogP contribution in [0.5, 0.6) is 0 Å². The van der Waals surface area contributed by atoms with Crippen LogP contribution in [-0.4, -0.2) is 25.2 Å². The SMILES string of the molecule is CC(C)(C)C(=O)NCCOC1CCCC1. The summed E-state index contributed by atoms with van der Waals surface area (Å²) in [5.74, 6) is 0.0949. The summed E-state index contributed by atoms with van der Waals surface area (Å²) in [5, 5.41) is 2.88. The highest BCUT2D eigenvalue weighted by molar-refractivity contribution is 5.81. The minimum atomic E-state index is -0.298. The van der Waals surface area contributed by atoms with Gasteiger partial charge in [-0.25, -0.2) is 0 Å². The molecule has 0 aromatic heterocycles. The molecule has 1 amide bonds. The van der Waals surface area contributed by atoms with Crippen LogP contribution < -0.4 is 5.32 Å². The maximum atomic E-state index is 11.5. The molecule has 0 bridgehead atoms. The fourth-order valence-corrected chi connectivity index (χ4v) is 1.71. The van der Waals surface area contributed by atoms with E-state index in [-0.39, 0.29) is 11.3 Å². The van der Waals surface area contributed by atoms with Crippen molar-refractivity contribution in [1.29, 1.82) is 0 Å². The van der Waals surface area contributed by atoms with Crippen molar-refractivity contribution in [2.45, 2.75) is 52.6 Å². The van der Waals surface area contributed by atoms with Crippen LogP contribution in [0.15, 0.2) is 0 Å². The summed E-state index contributed by atoms with van der Waals surface area (Å²) in [6.07, 6.45) is 5.40. The van der Waals surface area contributed by atoms with E-state index in [1.165, 1.54) is 25.7 Å². The minimum absolute atomic E-state index is 0.0949. The molecule has 1 fully saturated rings. The van der Waals surface area contributed by atoms with Crippen LogP contribution >= 0.6 is 0 Å². The molecule has 0 aliphatic heterocycles. The zero-order valence-electron chi connectivity index (χ0n) is 10.1. The second-order valence-corrected chi connectivity index (χ2v) is 5.28. The zero-order chi connectivity index (χ0) is 11.3. The second kappa shape index (κ2) is 5.50. The molecule has 1 aliphatic carbocycles. The molecule has 88 valence electrons. The third-order valence-corrected chi connectivity index (χ3v) is 2.72. The zero-order valence-corrected chi connectivity index (χ0v) is 10.1. The van der Waals surface area contributed by atoms with E-state index >= 15 is 0 Å². The maximum absolute atomic E-state index is 11.5. The summed E-state index contributed by atoms with van der Waals surface area (Å²) in [6, 6.07) is 0. The molecule has 15 heavy (non-hydrogen) atoms. The van der Waals surface area contributed by atoms with Crippen LogP contribution in [0.1, 0.15) is 46.5 Å². The van der Waals surface area contributed by atoms with Gasteiger partial charge in [0.2, 0.25) is 5.91 Å². The van der Waals surface area contributed by atoms with E-state index in [1.54, 1.807) is 0 Å². The molecular formula is C12H23NO2. The van der Waals surface area contributed by atoms with Gasteiger partial charge in [0.25, 0.3) is 0 Å². The highest BCUT2D eigenvalue weighted by Crippen LogP contribution is 2.20. The van der Waals surface area contributed by atoms with Crippen molar-refractivity contribution in [3.05, 3.63) is 0 Å². The standard InChI is InChI=1S/C12H23NO2/c1-12(2,3)11(14)13-8-9-15-10-6-4-5-7-10/h10H,4-9H2,1-3H3,(H,13,14). The van der Waals surface area contributed by atoms with Gasteiger partial charge in [-0.1, -0.05) is 33.6 Å². The molecule has 1 aliphatic rings. The van der Waals surface area contributed by atoms with E-state index in [0.717, 1.165) is 0 Å². The number of carbonyl (C=O) groups is 1. The number of nitrogens with one attached hydrogen (secondary N) is 1. The van der Waals surface area contributed by atoms with Gasteiger partial charge in [-0.2, -0.15) is 0 Å². The molecule has 0 radical (unpaired) electrons. The van der Waals surface area contributed by atoms with E-state index in [2.05, 4.69) is 5.32 Å². The molecule has 0 unspecified atom stereocenters. The summed E-state index contributed by atoms with van der Waals surface area (Å²) in [7, 11) is 0. The lowest BCUT2D eigenvalue weighted by molar-refractivity contribution is -0.128. The van der Waals surface area contributed by atoms with E-state index < -0.39 is 0 Å². The third kappa shape index (κ3) is 4.65. The highest BCUT2D eigenvalue weighted by atomic mass is 16.5. The molecule has 0 aromatic rings. The number of amides is 1. The van der Waals surface area contributed by atoms with Gasteiger partial charge in [-0.15, -0.1) is 0 Å². The van der Waals surface area contributed by atoms with Crippen LogP contribution in [0.25, 0.3) is 0 Å². The van der Waals surface area contributed by atoms with Gasteiger partial charge in [0.15, 0.2) is 0 Å². The first-order valence-electron chi connectivity index (χ1n) is 5.90. The van der Waals surface area contributed by atoms with E-state index in [4.69, 9.17) is 4.74 Å². The Balaban J connectivity index is 2.03. The van der Waals surface area contributed by atoms with Gasteiger partial charge in [-0.05, 0) is 12.8 Å². The average molecular weight is 213 g/mol. The van der Waals surface area contributed by atoms with Crippen molar-refractivity contribution in [1.82, 2.24) is 5.32 Å². The Labute approximate surface area is 92.6 Å². The summed E-state index contributed by atoms with van der Waals surface area (Å²) in [5.41, 5.74) is -0.298. The first-order valence-corrected chi connectivity index (χ1v) is 5.90. The normalized spacial score (nSPS) is 18.1. The molecule has 3 nitrogen and oxygen atoms in total. The smallest absolute Gasteiger partial charge is 0.225 e. The molecule has 0 saturated heterocycles. The van der Waals surface area contributed by atoms with Crippen LogP contribution in [0.3, 0.4) is 0 Å². The molecule has 1 rings (SSSR count). The predicted octanol–water partition coefficient (Wildman–Crippen LogP) is 2.11. The largest absolute Gasteiger partial charge is 0.376 e. The van der Waals surface area contributed by atoms with Gasteiger partial charge >= 0.3 is 0 Å². The molecule has 0 atom stereocenters. The second-order valence-electron chi connectivity index (χ2n) is 5.28. The first-order chi connectivity index (χ1) is 7.00. The number of carbonyl (C=O) groups excluding carboxylic acids is 1. The Morgan fingerprint density at radius 2 is 1.93 bits per heavy atom. The highest BCUT2D eigenvalue weighted by Gasteiger charge is 2.20. The van der Waals surface area contributed by atoms with Crippen LogP contribution in [0.2, 0.25) is 0 Å². The Morgan fingerprint density at radius 1 is 1.33 bits per heavy atom. The molecule has 3 heteroatoms. The Kier molecular flexibility index (Phi) is 4.58. The summed E-state index contributed by atoms with van der Waals surface area (Å²) in [4.78, 5) is 11.5. The fraction of sp³-hybridized carbons (Fsp3) is 0.917. The lowest BCUT2D eigenvalue weighted by Gasteiger charge is -2.18. The molecule has 1 N–H and O–H groups in total. The van der Waals surface area contributed by atoms with Crippen LogP contribution in [0.4, 0.5) is 0 Å². The quantitative estimate of drug-likeness (QED) is 0.726. The molecule has 0 aromatic carbocycles. The fourth-order valence-electron chi connectivity index (χ4n) is 1.71. The van der Waals surface area contributed by atoms with Crippen LogP contribution in [-0.2, 0) is 9.53 Å². The van der Waals surface area contributed by atoms with E-state index in [1.807, 2.05) is 20.8 Å². The van der Waals surface area contributed by atoms with Gasteiger partial charge in [-0.3, -0.25) is 4.79 Å². The lowest BCUT2D eigenvalue weighted by atomic mass is 9.96. The van der Waals surface area contributed by atoms with Crippen LogP contribution in [0, 0.1) is 5.41 Å². The Bertz CT molecular complexity index is 202. The number of rotatable bonds is 4. The Hall–Kier alpha value is -0.570. The molecule has 0 spiro atoms. The Morgan fingerprint density at radius 3 is 2.47 bits per heavy atom. The summed E-state index contributed by atoms with van der Waals surface area (Å²) in [6.45, 7) is 7.03. The average Bonchev–Trinajstić information content (AvgIpc) is 2.63. The number of hydrogen-bond acceptors (Lipinski definition) is 2. The van der Waals surface area contributed by atoms with Gasteiger partial charge in [0.1, 0.15) is 0 Å².